The van der Waals surface area contributed by atoms with Gasteiger partial charge in [-0.25, -0.2) is 9.37 Å². The summed E-state index contributed by atoms with van der Waals surface area (Å²) in [4.78, 5) is 31.1. The van der Waals surface area contributed by atoms with Gasteiger partial charge in [-0.3, -0.25) is 9.59 Å². The summed E-state index contributed by atoms with van der Waals surface area (Å²) in [7, 11) is 0. The molecule has 0 spiro atoms. The van der Waals surface area contributed by atoms with Crippen molar-refractivity contribution in [3.05, 3.63) is 66.1 Å². The van der Waals surface area contributed by atoms with Crippen molar-refractivity contribution in [2.45, 2.75) is 18.5 Å². The van der Waals surface area contributed by atoms with Gasteiger partial charge in [0.05, 0.1) is 17.6 Å². The molecule has 0 atom stereocenters. The van der Waals surface area contributed by atoms with Crippen molar-refractivity contribution in [1.82, 2.24) is 9.97 Å². The monoisotopic (exact) mass is 383 g/mol. The van der Waals surface area contributed by atoms with Crippen LogP contribution >= 0.6 is 11.8 Å². The van der Waals surface area contributed by atoms with E-state index < -0.39 is 0 Å². The lowest BCUT2D eigenvalue weighted by Gasteiger charge is -2.05. The number of nitrogens with one attached hydrogen (secondary N) is 2. The van der Waals surface area contributed by atoms with Crippen LogP contribution in [0.15, 0.2) is 59.9 Å². The highest BCUT2D eigenvalue weighted by atomic mass is 32.2. The summed E-state index contributed by atoms with van der Waals surface area (Å²) < 4.78 is 13.0. The van der Waals surface area contributed by atoms with Crippen molar-refractivity contribution < 1.29 is 14.0 Å². The number of nitrogens with zero attached hydrogens (tertiary/aromatic N) is 1. The lowest BCUT2D eigenvalue weighted by atomic mass is 10.1. The Bertz CT molecular complexity index is 937. The summed E-state index contributed by atoms with van der Waals surface area (Å²) in [6, 6.07) is 12.9. The van der Waals surface area contributed by atoms with E-state index in [1.165, 1.54) is 23.9 Å². The summed E-state index contributed by atoms with van der Waals surface area (Å²) in [6.07, 6.45) is 2.06. The molecule has 0 aliphatic heterocycles. The van der Waals surface area contributed by atoms with Crippen LogP contribution in [-0.4, -0.2) is 27.4 Å². The molecule has 3 aromatic rings. The van der Waals surface area contributed by atoms with Crippen LogP contribution in [0.25, 0.3) is 11.3 Å². The number of carbonyl (C=O) groups is 2. The zero-order valence-electron chi connectivity index (χ0n) is 14.7. The maximum Gasteiger partial charge on any atom is 0.224 e. The van der Waals surface area contributed by atoms with Gasteiger partial charge < -0.3 is 10.3 Å². The van der Waals surface area contributed by atoms with E-state index in [0.29, 0.717) is 22.8 Å². The first-order valence-corrected chi connectivity index (χ1v) is 9.40. The summed E-state index contributed by atoms with van der Waals surface area (Å²) in [5, 5.41) is 3.36. The normalized spacial score (nSPS) is 10.6. The van der Waals surface area contributed by atoms with E-state index in [9.17, 15) is 14.0 Å². The molecule has 138 valence electrons. The second-order valence-corrected chi connectivity index (χ2v) is 6.76. The number of thioether (sulfide) groups is 1. The fraction of sp³-hybridized carbons (Fsp3) is 0.150. The molecule has 5 nitrogen and oxygen atoms in total. The van der Waals surface area contributed by atoms with E-state index in [-0.39, 0.29) is 23.3 Å². The number of hydrogen-bond acceptors (Lipinski definition) is 4. The third-order valence-electron chi connectivity index (χ3n) is 3.86. The van der Waals surface area contributed by atoms with Crippen LogP contribution in [0.1, 0.15) is 23.7 Å². The van der Waals surface area contributed by atoms with Gasteiger partial charge >= 0.3 is 0 Å². The Balaban J connectivity index is 1.57. The molecule has 27 heavy (non-hydrogen) atoms. The molecule has 2 aromatic carbocycles. The largest absolute Gasteiger partial charge is 0.333 e. The molecule has 0 bridgehead atoms. The van der Waals surface area contributed by atoms with E-state index in [1.807, 2.05) is 0 Å². The molecule has 0 saturated heterocycles. The predicted molar refractivity (Wildman–Crippen MR) is 104 cm³/mol. The molecule has 0 fully saturated rings. The zero-order valence-corrected chi connectivity index (χ0v) is 15.5. The number of ketones is 1. The molecule has 7 heteroatoms. The number of amides is 1. The second kappa shape index (κ2) is 8.64. The van der Waals surface area contributed by atoms with Gasteiger partial charge in [0.1, 0.15) is 5.82 Å². The number of benzene rings is 2. The lowest BCUT2D eigenvalue weighted by Crippen LogP contribution is -2.09. The number of hydrogen-bond donors (Lipinski definition) is 2. The van der Waals surface area contributed by atoms with E-state index in [4.69, 9.17) is 0 Å². The number of carbonyl (C=O) groups excluding carboxylic acids is 2. The fourth-order valence-electron chi connectivity index (χ4n) is 2.36. The molecule has 0 aliphatic rings. The third-order valence-corrected chi connectivity index (χ3v) is 4.75. The summed E-state index contributed by atoms with van der Waals surface area (Å²) in [5.74, 6) is -0.164. The topological polar surface area (TPSA) is 74.8 Å². The van der Waals surface area contributed by atoms with Gasteiger partial charge in [-0.05, 0) is 54.1 Å². The van der Waals surface area contributed by atoms with Gasteiger partial charge in [0, 0.05) is 17.7 Å². The number of aromatic amines is 1. The van der Waals surface area contributed by atoms with Gasteiger partial charge in [-0.2, -0.15) is 0 Å². The number of Topliss-reactive ketones (excluding diaryl/α,β-unsaturated/α-hetero) is 1. The number of halogens is 1. The minimum atomic E-state index is -0.293. The first-order valence-electron chi connectivity index (χ1n) is 8.42. The van der Waals surface area contributed by atoms with Crippen LogP contribution in [0.4, 0.5) is 10.1 Å². The molecule has 1 heterocycles. The molecule has 2 N–H and O–H groups in total. The summed E-state index contributed by atoms with van der Waals surface area (Å²) >= 11 is 1.30. The number of H-pyrrole nitrogens is 1. The van der Waals surface area contributed by atoms with E-state index in [1.54, 1.807) is 49.5 Å². The zero-order chi connectivity index (χ0) is 19.2. The molecule has 0 aliphatic carbocycles. The quantitative estimate of drug-likeness (QED) is 0.464. The molecule has 3 rings (SSSR count). The van der Waals surface area contributed by atoms with Crippen LogP contribution < -0.4 is 5.32 Å². The Labute approximate surface area is 160 Å². The fourth-order valence-corrected chi connectivity index (χ4v) is 3.10. The Hall–Kier alpha value is -2.93. The van der Waals surface area contributed by atoms with Crippen molar-refractivity contribution in [3.63, 3.8) is 0 Å². The second-order valence-electron chi connectivity index (χ2n) is 5.80. The van der Waals surface area contributed by atoms with E-state index >= 15 is 0 Å². The molecule has 0 saturated carbocycles. The van der Waals surface area contributed by atoms with E-state index in [0.717, 1.165) is 11.3 Å². The van der Waals surface area contributed by atoms with Gasteiger partial charge in [0.15, 0.2) is 10.9 Å². The Kier molecular flexibility index (Phi) is 6.03. The Morgan fingerprint density at radius 1 is 1.11 bits per heavy atom. The highest BCUT2D eigenvalue weighted by molar-refractivity contribution is 7.99. The Morgan fingerprint density at radius 3 is 2.48 bits per heavy atom. The molecular weight excluding hydrogens is 365 g/mol. The van der Waals surface area contributed by atoms with Crippen molar-refractivity contribution in [2.75, 3.05) is 11.1 Å². The summed E-state index contributed by atoms with van der Waals surface area (Å²) in [5.41, 5.74) is 2.83. The molecular formula is C20H18FN3O2S. The average molecular weight is 383 g/mol. The molecule has 0 unspecified atom stereocenters. The van der Waals surface area contributed by atoms with Crippen LogP contribution in [0.2, 0.25) is 0 Å². The Morgan fingerprint density at radius 2 is 1.81 bits per heavy atom. The minimum Gasteiger partial charge on any atom is -0.333 e. The van der Waals surface area contributed by atoms with Crippen molar-refractivity contribution in [3.8, 4) is 11.3 Å². The summed E-state index contributed by atoms with van der Waals surface area (Å²) in [6.45, 7) is 1.78. The lowest BCUT2D eigenvalue weighted by molar-refractivity contribution is -0.115. The van der Waals surface area contributed by atoms with Gasteiger partial charge in [-0.15, -0.1) is 0 Å². The van der Waals surface area contributed by atoms with Crippen LogP contribution in [0, 0.1) is 5.82 Å². The predicted octanol–water partition coefficient (Wildman–Crippen LogP) is 4.54. The SMILES string of the molecule is CCC(=O)Nc1ccc(C(=O)CSc2ncc(-c3ccc(F)cc3)[nH]2)cc1. The van der Waals surface area contributed by atoms with E-state index in [2.05, 4.69) is 15.3 Å². The minimum absolute atomic E-state index is 0.0342. The number of rotatable bonds is 7. The maximum absolute atomic E-state index is 13.0. The highest BCUT2D eigenvalue weighted by Gasteiger charge is 2.10. The number of aromatic nitrogens is 2. The molecule has 1 aromatic heterocycles. The number of imidazole rings is 1. The van der Waals surface area contributed by atoms with Crippen molar-refractivity contribution in [2.24, 2.45) is 0 Å². The molecule has 1 amide bonds. The van der Waals surface area contributed by atoms with Crippen LogP contribution in [0.5, 0.6) is 0 Å². The number of anilines is 1. The van der Waals surface area contributed by atoms with Gasteiger partial charge in [0.2, 0.25) is 5.91 Å². The van der Waals surface area contributed by atoms with Gasteiger partial charge in [-0.1, -0.05) is 18.7 Å². The third kappa shape index (κ3) is 5.04. The van der Waals surface area contributed by atoms with Gasteiger partial charge in [0.25, 0.3) is 0 Å². The first kappa shape index (κ1) is 18.8. The first-order chi connectivity index (χ1) is 13.0. The van der Waals surface area contributed by atoms with Crippen molar-refractivity contribution in [1.29, 1.82) is 0 Å². The standard InChI is InChI=1S/C20H18FN3O2S/c1-2-19(26)23-16-9-5-14(6-10-16)18(25)12-27-20-22-11-17(24-20)13-3-7-15(21)8-4-13/h3-11H,2,12H2,1H3,(H,22,24)(H,23,26). The van der Waals surface area contributed by atoms with Crippen molar-refractivity contribution >= 4 is 29.1 Å². The maximum atomic E-state index is 13.0. The van der Waals surface area contributed by atoms with Crippen LogP contribution in [-0.2, 0) is 4.79 Å². The average Bonchev–Trinajstić information content (AvgIpc) is 3.16. The molecule has 0 radical (unpaired) electrons. The highest BCUT2D eigenvalue weighted by Crippen LogP contribution is 2.22. The van der Waals surface area contributed by atoms with Crippen LogP contribution in [0.3, 0.4) is 0 Å². The smallest absolute Gasteiger partial charge is 0.224 e.